The van der Waals surface area contributed by atoms with E-state index in [0.29, 0.717) is 11.5 Å². The highest BCUT2D eigenvalue weighted by Gasteiger charge is 2.28. The molecule has 0 aliphatic rings. The zero-order valence-electron chi connectivity index (χ0n) is 11.8. The zero-order chi connectivity index (χ0) is 15.6. The smallest absolute Gasteiger partial charge is 0.274 e. The average Bonchev–Trinajstić information content (AvgIpc) is 3.26. The van der Waals surface area contributed by atoms with E-state index >= 15 is 0 Å². The lowest BCUT2D eigenvalue weighted by Crippen LogP contribution is -2.38. The number of hydrogen-bond donors (Lipinski definition) is 2. The van der Waals surface area contributed by atoms with Crippen molar-refractivity contribution in [1.29, 1.82) is 0 Å². The lowest BCUT2D eigenvalue weighted by atomic mass is 10.0. The third-order valence-corrected chi connectivity index (χ3v) is 4.04. The Morgan fingerprint density at radius 3 is 2.95 bits per heavy atom. The van der Waals surface area contributed by atoms with Crippen molar-refractivity contribution in [2.45, 2.75) is 12.5 Å². The van der Waals surface area contributed by atoms with Gasteiger partial charge in [-0.15, -0.1) is 11.3 Å². The Labute approximate surface area is 130 Å². The number of amides is 1. The summed E-state index contributed by atoms with van der Waals surface area (Å²) < 4.78 is 10.5. The molecular formula is C15H14N2O4S. The highest BCUT2D eigenvalue weighted by atomic mass is 32.1. The van der Waals surface area contributed by atoms with E-state index in [1.165, 1.54) is 24.0 Å². The fraction of sp³-hybridized carbons (Fsp3) is 0.200. The van der Waals surface area contributed by atoms with Crippen molar-refractivity contribution in [2.75, 3.05) is 6.54 Å². The first kappa shape index (κ1) is 14.6. The molecule has 3 heterocycles. The topological polar surface area (TPSA) is 88.5 Å². The van der Waals surface area contributed by atoms with Crippen LogP contribution in [0.2, 0.25) is 0 Å². The number of aliphatic hydroxyl groups is 1. The Kier molecular flexibility index (Phi) is 3.82. The number of oxazole rings is 1. The number of thiophene rings is 1. The van der Waals surface area contributed by atoms with Crippen molar-refractivity contribution in [3.05, 3.63) is 53.8 Å². The molecule has 6 nitrogen and oxygen atoms in total. The van der Waals surface area contributed by atoms with Crippen molar-refractivity contribution < 1.29 is 18.7 Å². The van der Waals surface area contributed by atoms with Gasteiger partial charge < -0.3 is 19.3 Å². The van der Waals surface area contributed by atoms with E-state index < -0.39 is 11.5 Å². The standard InChI is InChI=1S/C15H14N2O4S/c1-15(19,11-5-2-6-20-11)8-16-14(18)12-13(21-9-17-12)10-4-3-7-22-10/h2-7,9,19H,8H2,1H3,(H,16,18). The summed E-state index contributed by atoms with van der Waals surface area (Å²) in [7, 11) is 0. The van der Waals surface area contributed by atoms with Crippen LogP contribution in [-0.2, 0) is 5.60 Å². The van der Waals surface area contributed by atoms with Gasteiger partial charge in [-0.1, -0.05) is 6.07 Å². The molecule has 0 aromatic carbocycles. The van der Waals surface area contributed by atoms with E-state index in [0.717, 1.165) is 4.88 Å². The Bertz CT molecular complexity index is 744. The summed E-state index contributed by atoms with van der Waals surface area (Å²) in [6.07, 6.45) is 2.70. The number of carbonyl (C=O) groups is 1. The number of nitrogens with one attached hydrogen (secondary N) is 1. The van der Waals surface area contributed by atoms with Gasteiger partial charge in [0.15, 0.2) is 17.8 Å². The SMILES string of the molecule is CC(O)(CNC(=O)c1ncoc1-c1cccs1)c1ccco1. The predicted molar refractivity (Wildman–Crippen MR) is 80.4 cm³/mol. The van der Waals surface area contributed by atoms with Crippen LogP contribution in [-0.4, -0.2) is 22.5 Å². The maximum absolute atomic E-state index is 12.3. The van der Waals surface area contributed by atoms with E-state index in [-0.39, 0.29) is 12.2 Å². The maximum Gasteiger partial charge on any atom is 0.274 e. The van der Waals surface area contributed by atoms with Gasteiger partial charge in [-0.25, -0.2) is 4.98 Å². The second kappa shape index (κ2) is 5.78. The van der Waals surface area contributed by atoms with Gasteiger partial charge in [0.2, 0.25) is 0 Å². The van der Waals surface area contributed by atoms with Crippen molar-refractivity contribution in [3.63, 3.8) is 0 Å². The molecule has 114 valence electrons. The molecule has 7 heteroatoms. The van der Waals surface area contributed by atoms with Crippen molar-refractivity contribution >= 4 is 17.2 Å². The minimum atomic E-state index is -1.30. The second-order valence-electron chi connectivity index (χ2n) is 4.94. The fourth-order valence-corrected chi connectivity index (χ4v) is 2.71. The summed E-state index contributed by atoms with van der Waals surface area (Å²) in [6, 6.07) is 7.05. The van der Waals surface area contributed by atoms with Crippen LogP contribution in [0.25, 0.3) is 10.6 Å². The number of rotatable bonds is 5. The lowest BCUT2D eigenvalue weighted by Gasteiger charge is -2.20. The van der Waals surface area contributed by atoms with Gasteiger partial charge in [0.1, 0.15) is 11.4 Å². The number of furan rings is 1. The lowest BCUT2D eigenvalue weighted by molar-refractivity contribution is 0.0329. The summed E-state index contributed by atoms with van der Waals surface area (Å²) in [5.74, 6) is 0.389. The fourth-order valence-electron chi connectivity index (χ4n) is 2.00. The molecule has 1 atom stereocenters. The van der Waals surface area contributed by atoms with Crippen LogP contribution in [0.15, 0.2) is 51.1 Å². The quantitative estimate of drug-likeness (QED) is 0.755. The molecule has 0 radical (unpaired) electrons. The molecule has 22 heavy (non-hydrogen) atoms. The van der Waals surface area contributed by atoms with E-state index in [4.69, 9.17) is 8.83 Å². The molecule has 0 spiro atoms. The highest BCUT2D eigenvalue weighted by molar-refractivity contribution is 7.13. The molecule has 0 saturated carbocycles. The van der Waals surface area contributed by atoms with Crippen molar-refractivity contribution in [1.82, 2.24) is 10.3 Å². The van der Waals surface area contributed by atoms with Crippen LogP contribution in [0.5, 0.6) is 0 Å². The first-order valence-electron chi connectivity index (χ1n) is 6.60. The summed E-state index contributed by atoms with van der Waals surface area (Å²) in [4.78, 5) is 17.0. The molecule has 2 N–H and O–H groups in total. The Morgan fingerprint density at radius 1 is 1.41 bits per heavy atom. The molecular weight excluding hydrogens is 304 g/mol. The van der Waals surface area contributed by atoms with Crippen LogP contribution < -0.4 is 5.32 Å². The number of carbonyl (C=O) groups excluding carboxylic acids is 1. The Morgan fingerprint density at radius 2 is 2.27 bits per heavy atom. The number of aromatic nitrogens is 1. The maximum atomic E-state index is 12.3. The predicted octanol–water partition coefficient (Wildman–Crippen LogP) is 2.63. The molecule has 0 bridgehead atoms. The molecule has 0 aliphatic heterocycles. The van der Waals surface area contributed by atoms with Gasteiger partial charge in [0, 0.05) is 0 Å². The van der Waals surface area contributed by atoms with E-state index in [1.54, 1.807) is 19.1 Å². The zero-order valence-corrected chi connectivity index (χ0v) is 12.6. The summed E-state index contributed by atoms with van der Waals surface area (Å²) in [5, 5.41) is 14.9. The van der Waals surface area contributed by atoms with Crippen molar-refractivity contribution in [3.8, 4) is 10.6 Å². The van der Waals surface area contributed by atoms with Crippen LogP contribution >= 0.6 is 11.3 Å². The van der Waals surface area contributed by atoms with Gasteiger partial charge >= 0.3 is 0 Å². The van der Waals surface area contributed by atoms with Crippen LogP contribution in [0.4, 0.5) is 0 Å². The Hall–Kier alpha value is -2.38. The minimum Gasteiger partial charge on any atom is -0.466 e. The van der Waals surface area contributed by atoms with E-state index in [9.17, 15) is 9.90 Å². The molecule has 3 rings (SSSR count). The van der Waals surface area contributed by atoms with Gasteiger partial charge in [0.25, 0.3) is 5.91 Å². The minimum absolute atomic E-state index is 0.00388. The normalized spacial score (nSPS) is 13.7. The summed E-state index contributed by atoms with van der Waals surface area (Å²) in [5.41, 5.74) is -1.11. The molecule has 0 saturated heterocycles. The number of nitrogens with zero attached hydrogens (tertiary/aromatic N) is 1. The van der Waals surface area contributed by atoms with Crippen LogP contribution in [0.3, 0.4) is 0 Å². The largest absolute Gasteiger partial charge is 0.466 e. The molecule has 1 amide bonds. The van der Waals surface area contributed by atoms with E-state index in [2.05, 4.69) is 10.3 Å². The first-order valence-corrected chi connectivity index (χ1v) is 7.48. The van der Waals surface area contributed by atoms with Gasteiger partial charge in [-0.05, 0) is 30.5 Å². The van der Waals surface area contributed by atoms with Gasteiger partial charge in [-0.2, -0.15) is 0 Å². The Balaban J connectivity index is 1.72. The molecule has 0 fully saturated rings. The third kappa shape index (κ3) is 2.81. The molecule has 1 unspecified atom stereocenters. The summed E-state index contributed by atoms with van der Waals surface area (Å²) in [6.45, 7) is 1.56. The molecule has 0 aliphatic carbocycles. The third-order valence-electron chi connectivity index (χ3n) is 3.17. The molecule has 3 aromatic rings. The van der Waals surface area contributed by atoms with Gasteiger partial charge in [-0.3, -0.25) is 4.79 Å². The monoisotopic (exact) mass is 318 g/mol. The van der Waals surface area contributed by atoms with Crippen molar-refractivity contribution in [2.24, 2.45) is 0 Å². The summed E-state index contributed by atoms with van der Waals surface area (Å²) >= 11 is 1.46. The van der Waals surface area contributed by atoms with Crippen LogP contribution in [0.1, 0.15) is 23.2 Å². The molecule has 3 aromatic heterocycles. The highest BCUT2D eigenvalue weighted by Crippen LogP contribution is 2.27. The van der Waals surface area contributed by atoms with Gasteiger partial charge in [0.05, 0.1) is 17.7 Å². The number of hydrogen-bond acceptors (Lipinski definition) is 6. The van der Waals surface area contributed by atoms with Crippen LogP contribution in [0, 0.1) is 0 Å². The second-order valence-corrected chi connectivity index (χ2v) is 5.89. The van der Waals surface area contributed by atoms with E-state index in [1.807, 2.05) is 17.5 Å². The first-order chi connectivity index (χ1) is 10.6. The average molecular weight is 318 g/mol.